The van der Waals surface area contributed by atoms with Gasteiger partial charge in [0.15, 0.2) is 0 Å². The lowest BCUT2D eigenvalue weighted by atomic mass is 10.3. The Morgan fingerprint density at radius 3 is 2.67 bits per heavy atom. The summed E-state index contributed by atoms with van der Waals surface area (Å²) in [6.45, 7) is 4.77. The molecule has 0 spiro atoms. The molecule has 0 aliphatic carbocycles. The van der Waals surface area contributed by atoms with Crippen molar-refractivity contribution in [3.8, 4) is 0 Å². The molecule has 0 saturated carbocycles. The third-order valence-electron chi connectivity index (χ3n) is 2.70. The Labute approximate surface area is 136 Å². The van der Waals surface area contributed by atoms with Crippen LogP contribution in [0.4, 0.5) is 0 Å². The Hall–Kier alpha value is -0.670. The number of rotatable bonds is 7. The van der Waals surface area contributed by atoms with E-state index in [1.54, 1.807) is 6.07 Å². The molecule has 0 aliphatic rings. The lowest BCUT2D eigenvalue weighted by molar-refractivity contribution is 0.393. The van der Waals surface area contributed by atoms with Crippen LogP contribution in [-0.2, 0) is 23.1 Å². The zero-order valence-electron chi connectivity index (χ0n) is 11.7. The smallest absolute Gasteiger partial charge is 0.274 e. The van der Waals surface area contributed by atoms with Crippen LogP contribution in [0.25, 0.3) is 0 Å². The highest BCUT2D eigenvalue weighted by Gasteiger charge is 2.19. The maximum Gasteiger partial charge on any atom is 0.274 e. The third kappa shape index (κ3) is 4.65. The predicted octanol–water partition coefficient (Wildman–Crippen LogP) is 3.08. The predicted molar refractivity (Wildman–Crippen MR) is 86.7 cm³/mol. The Bertz CT molecular complexity index is 692. The minimum absolute atomic E-state index is 0.0595. The molecule has 2 heterocycles. The molecule has 0 atom stereocenters. The van der Waals surface area contributed by atoms with Gasteiger partial charge in [0.25, 0.3) is 10.0 Å². The molecular formula is C13H17BrN2O3S2. The van der Waals surface area contributed by atoms with E-state index in [9.17, 15) is 8.42 Å². The molecule has 0 fully saturated rings. The second-order valence-electron chi connectivity index (χ2n) is 4.77. The van der Waals surface area contributed by atoms with E-state index in [4.69, 9.17) is 4.42 Å². The second kappa shape index (κ2) is 7.06. The van der Waals surface area contributed by atoms with Gasteiger partial charge in [0, 0.05) is 21.9 Å². The SMILES string of the molecule is CC(C)NCc1ccc(S(=O)(=O)NCc2sccc2Br)o1. The number of hydrogen-bond acceptors (Lipinski definition) is 5. The van der Waals surface area contributed by atoms with Crippen LogP contribution >= 0.6 is 27.3 Å². The van der Waals surface area contributed by atoms with Gasteiger partial charge in [0.1, 0.15) is 5.76 Å². The summed E-state index contributed by atoms with van der Waals surface area (Å²) in [5, 5.41) is 5.01. The average molecular weight is 393 g/mol. The maximum atomic E-state index is 12.2. The van der Waals surface area contributed by atoms with Crippen molar-refractivity contribution in [3.63, 3.8) is 0 Å². The lowest BCUT2D eigenvalue weighted by Gasteiger charge is -2.05. The van der Waals surface area contributed by atoms with Crippen LogP contribution < -0.4 is 10.0 Å². The molecule has 0 aromatic carbocycles. The van der Waals surface area contributed by atoms with E-state index < -0.39 is 10.0 Å². The topological polar surface area (TPSA) is 71.3 Å². The molecular weight excluding hydrogens is 376 g/mol. The van der Waals surface area contributed by atoms with Crippen LogP contribution in [0.3, 0.4) is 0 Å². The first-order valence-corrected chi connectivity index (χ1v) is 9.57. The van der Waals surface area contributed by atoms with Crippen LogP contribution in [0.1, 0.15) is 24.5 Å². The Kier molecular flexibility index (Phi) is 5.61. The van der Waals surface area contributed by atoms with Gasteiger partial charge in [-0.1, -0.05) is 13.8 Å². The number of hydrogen-bond donors (Lipinski definition) is 2. The average Bonchev–Trinajstić information content (AvgIpc) is 3.03. The van der Waals surface area contributed by atoms with E-state index in [-0.39, 0.29) is 11.6 Å². The molecule has 2 aromatic rings. The first-order valence-electron chi connectivity index (χ1n) is 6.42. The number of sulfonamides is 1. The summed E-state index contributed by atoms with van der Waals surface area (Å²) in [4.78, 5) is 0.923. The number of halogens is 1. The number of nitrogens with one attached hydrogen (secondary N) is 2. The Balaban J connectivity index is 2.01. The number of furan rings is 1. The van der Waals surface area contributed by atoms with Crippen molar-refractivity contribution in [3.05, 3.63) is 38.7 Å². The second-order valence-corrected chi connectivity index (χ2v) is 8.33. The molecule has 2 rings (SSSR count). The van der Waals surface area contributed by atoms with Crippen LogP contribution in [0.15, 0.2) is 37.6 Å². The zero-order valence-corrected chi connectivity index (χ0v) is 14.9. The summed E-state index contributed by atoms with van der Waals surface area (Å²) >= 11 is 4.86. The molecule has 0 saturated heterocycles. The minimum Gasteiger partial charge on any atom is -0.447 e. The molecule has 116 valence electrons. The van der Waals surface area contributed by atoms with Crippen molar-refractivity contribution in [2.24, 2.45) is 0 Å². The fourth-order valence-electron chi connectivity index (χ4n) is 1.59. The van der Waals surface area contributed by atoms with Crippen LogP contribution in [-0.4, -0.2) is 14.5 Å². The van der Waals surface area contributed by atoms with Gasteiger partial charge in [-0.05, 0) is 39.5 Å². The maximum absolute atomic E-state index is 12.2. The molecule has 2 N–H and O–H groups in total. The highest BCUT2D eigenvalue weighted by Crippen LogP contribution is 2.23. The molecule has 0 aliphatic heterocycles. The summed E-state index contributed by atoms with van der Waals surface area (Å²) in [5.74, 6) is 0.598. The first-order chi connectivity index (χ1) is 9.88. The largest absolute Gasteiger partial charge is 0.447 e. The normalized spacial score (nSPS) is 12.2. The van der Waals surface area contributed by atoms with E-state index in [1.165, 1.54) is 17.4 Å². The molecule has 0 amide bonds. The van der Waals surface area contributed by atoms with E-state index in [0.29, 0.717) is 18.3 Å². The summed E-state index contributed by atoms with van der Waals surface area (Å²) in [5.41, 5.74) is 0. The quantitative estimate of drug-likeness (QED) is 0.759. The number of thiophene rings is 1. The Morgan fingerprint density at radius 2 is 2.05 bits per heavy atom. The highest BCUT2D eigenvalue weighted by atomic mass is 79.9. The van der Waals surface area contributed by atoms with E-state index >= 15 is 0 Å². The van der Waals surface area contributed by atoms with E-state index in [0.717, 1.165) is 9.35 Å². The van der Waals surface area contributed by atoms with Crippen molar-refractivity contribution in [1.29, 1.82) is 0 Å². The molecule has 5 nitrogen and oxygen atoms in total. The van der Waals surface area contributed by atoms with Crippen molar-refractivity contribution >= 4 is 37.3 Å². The molecule has 21 heavy (non-hydrogen) atoms. The van der Waals surface area contributed by atoms with Crippen molar-refractivity contribution in [2.45, 2.75) is 38.1 Å². The Morgan fingerprint density at radius 1 is 1.29 bits per heavy atom. The molecule has 0 radical (unpaired) electrons. The first kappa shape index (κ1) is 16.7. The zero-order chi connectivity index (χ0) is 15.5. The van der Waals surface area contributed by atoms with Gasteiger partial charge < -0.3 is 9.73 Å². The summed E-state index contributed by atoms with van der Waals surface area (Å²) in [6, 6.07) is 5.34. The van der Waals surface area contributed by atoms with E-state index in [2.05, 4.69) is 26.0 Å². The standard InChI is InChI=1S/C13H17BrN2O3S2/c1-9(2)15-7-10-3-4-13(19-10)21(17,18)16-8-12-11(14)5-6-20-12/h3-6,9,15-16H,7-8H2,1-2H3. The molecule has 0 bridgehead atoms. The van der Waals surface area contributed by atoms with Crippen LogP contribution in [0.2, 0.25) is 0 Å². The summed E-state index contributed by atoms with van der Waals surface area (Å²) in [7, 11) is -3.63. The monoisotopic (exact) mass is 392 g/mol. The fraction of sp³-hybridized carbons (Fsp3) is 0.385. The third-order valence-corrected chi connectivity index (χ3v) is 5.90. The van der Waals surface area contributed by atoms with Crippen molar-refractivity contribution < 1.29 is 12.8 Å². The van der Waals surface area contributed by atoms with Gasteiger partial charge >= 0.3 is 0 Å². The minimum atomic E-state index is -3.63. The van der Waals surface area contributed by atoms with Crippen LogP contribution in [0.5, 0.6) is 0 Å². The van der Waals surface area contributed by atoms with Gasteiger partial charge in [-0.2, -0.15) is 0 Å². The van der Waals surface area contributed by atoms with Crippen LogP contribution in [0, 0.1) is 0 Å². The molecule has 0 unspecified atom stereocenters. The van der Waals surface area contributed by atoms with Gasteiger partial charge in [0.2, 0.25) is 5.09 Å². The lowest BCUT2D eigenvalue weighted by Crippen LogP contribution is -2.23. The van der Waals surface area contributed by atoms with Gasteiger partial charge in [-0.3, -0.25) is 0 Å². The van der Waals surface area contributed by atoms with Gasteiger partial charge in [-0.25, -0.2) is 13.1 Å². The molecule has 8 heteroatoms. The van der Waals surface area contributed by atoms with Gasteiger partial charge in [0.05, 0.1) is 6.54 Å². The van der Waals surface area contributed by atoms with Gasteiger partial charge in [-0.15, -0.1) is 11.3 Å². The van der Waals surface area contributed by atoms with E-state index in [1.807, 2.05) is 25.3 Å². The fourth-order valence-corrected chi connectivity index (χ4v) is 4.05. The summed E-state index contributed by atoms with van der Waals surface area (Å²) in [6.07, 6.45) is 0. The summed E-state index contributed by atoms with van der Waals surface area (Å²) < 4.78 is 33.1. The van der Waals surface area contributed by atoms with Crippen molar-refractivity contribution in [1.82, 2.24) is 10.0 Å². The highest BCUT2D eigenvalue weighted by molar-refractivity contribution is 9.10. The van der Waals surface area contributed by atoms with Crippen molar-refractivity contribution in [2.75, 3.05) is 0 Å². The molecule has 2 aromatic heterocycles.